The average molecular weight is 485 g/mol. The molecule has 34 heavy (non-hydrogen) atoms. The third-order valence-electron chi connectivity index (χ3n) is 7.18. The largest absolute Gasteiger partial charge is 0.348 e. The van der Waals surface area contributed by atoms with Crippen LogP contribution >= 0.6 is 0 Å². The average Bonchev–Trinajstić information content (AvgIpc) is 2.74. The summed E-state index contributed by atoms with van der Waals surface area (Å²) in [4.78, 5) is 13.6. The van der Waals surface area contributed by atoms with E-state index in [-0.39, 0.29) is 24.5 Å². The van der Waals surface area contributed by atoms with E-state index in [1.165, 1.54) is 15.4 Å². The minimum Gasteiger partial charge on any atom is -0.348 e. The first-order valence-corrected chi connectivity index (χ1v) is 13.8. The predicted octanol–water partition coefficient (Wildman–Crippen LogP) is 5.74. The number of sulfonamides is 1. The van der Waals surface area contributed by atoms with Gasteiger partial charge in [-0.15, -0.1) is 0 Å². The van der Waals surface area contributed by atoms with E-state index in [9.17, 15) is 13.2 Å². The molecule has 1 fully saturated rings. The zero-order valence-electron chi connectivity index (χ0n) is 21.8. The highest BCUT2D eigenvalue weighted by molar-refractivity contribution is 7.89. The van der Waals surface area contributed by atoms with Crippen molar-refractivity contribution in [1.29, 1.82) is 0 Å². The smallest absolute Gasteiger partial charge is 0.244 e. The molecule has 3 rings (SSSR count). The highest BCUT2D eigenvalue weighted by atomic mass is 32.2. The fourth-order valence-electron chi connectivity index (χ4n) is 5.43. The number of carbonyl (C=O) groups is 1. The van der Waals surface area contributed by atoms with E-state index in [0.29, 0.717) is 4.90 Å². The van der Waals surface area contributed by atoms with Crippen molar-refractivity contribution in [2.24, 2.45) is 0 Å². The molecule has 1 aliphatic carbocycles. The van der Waals surface area contributed by atoms with E-state index in [2.05, 4.69) is 31.3 Å². The number of hydrogen-bond acceptors (Lipinski definition) is 3. The van der Waals surface area contributed by atoms with Crippen LogP contribution in [0.25, 0.3) is 0 Å². The molecule has 0 aliphatic heterocycles. The van der Waals surface area contributed by atoms with Crippen LogP contribution in [0.1, 0.15) is 84.0 Å². The lowest BCUT2D eigenvalue weighted by atomic mass is 9.95. The maximum atomic E-state index is 14.0. The summed E-state index contributed by atoms with van der Waals surface area (Å²) < 4.78 is 29.4. The lowest BCUT2D eigenvalue weighted by molar-refractivity contribution is -0.122. The molecule has 0 heterocycles. The van der Waals surface area contributed by atoms with Gasteiger partial charge in [0.2, 0.25) is 15.9 Å². The van der Waals surface area contributed by atoms with Gasteiger partial charge in [-0.3, -0.25) is 4.79 Å². The molecule has 1 saturated carbocycles. The summed E-state index contributed by atoms with van der Waals surface area (Å²) >= 11 is 0. The van der Waals surface area contributed by atoms with Crippen LogP contribution in [0.5, 0.6) is 0 Å². The second-order valence-corrected chi connectivity index (χ2v) is 12.0. The molecule has 0 saturated heterocycles. The van der Waals surface area contributed by atoms with Crippen molar-refractivity contribution < 1.29 is 13.2 Å². The Labute approximate surface area is 206 Å². The van der Waals surface area contributed by atoms with Crippen molar-refractivity contribution in [3.05, 3.63) is 63.2 Å². The van der Waals surface area contributed by atoms with Crippen LogP contribution in [0.3, 0.4) is 0 Å². The molecule has 1 atom stereocenters. The van der Waals surface area contributed by atoms with Gasteiger partial charge < -0.3 is 5.32 Å². The molecule has 1 N–H and O–H groups in total. The Balaban J connectivity index is 1.90. The quantitative estimate of drug-likeness (QED) is 0.545. The monoisotopic (exact) mass is 484 g/mol. The van der Waals surface area contributed by atoms with E-state index < -0.39 is 10.0 Å². The topological polar surface area (TPSA) is 66.5 Å². The zero-order chi connectivity index (χ0) is 25.2. The maximum Gasteiger partial charge on any atom is 0.244 e. The Morgan fingerprint density at radius 3 is 2.03 bits per heavy atom. The SMILES string of the molecule is Cc1cc(C)c(S(=O)(=O)N(CC(=O)N[C@H](C)c2cc(C)c(C)cc2C)C2CCCCC2)c(C)c1. The molecule has 6 heteroatoms. The fraction of sp³-hybridized carbons (Fsp3) is 0.536. The molecule has 1 amide bonds. The minimum absolute atomic E-state index is 0.150. The van der Waals surface area contributed by atoms with Gasteiger partial charge in [0.1, 0.15) is 0 Å². The molecular formula is C28H40N2O3S. The molecule has 2 aromatic rings. The van der Waals surface area contributed by atoms with Crippen molar-refractivity contribution in [1.82, 2.24) is 9.62 Å². The number of carbonyl (C=O) groups excluding carboxylic acids is 1. The van der Waals surface area contributed by atoms with Crippen LogP contribution in [0.15, 0.2) is 29.2 Å². The number of hydrogen-bond donors (Lipinski definition) is 1. The molecule has 5 nitrogen and oxygen atoms in total. The normalized spacial score (nSPS) is 16.0. The molecule has 2 aromatic carbocycles. The van der Waals surface area contributed by atoms with Gasteiger partial charge in [0, 0.05) is 6.04 Å². The number of nitrogens with zero attached hydrogens (tertiary/aromatic N) is 1. The molecule has 0 unspecified atom stereocenters. The summed E-state index contributed by atoms with van der Waals surface area (Å²) in [6, 6.07) is 7.71. The third kappa shape index (κ3) is 5.72. The van der Waals surface area contributed by atoms with Crippen LogP contribution in [-0.4, -0.2) is 31.2 Å². The van der Waals surface area contributed by atoms with Crippen LogP contribution in [-0.2, 0) is 14.8 Å². The van der Waals surface area contributed by atoms with Crippen molar-refractivity contribution >= 4 is 15.9 Å². The van der Waals surface area contributed by atoms with Gasteiger partial charge in [0.05, 0.1) is 17.5 Å². The molecule has 0 aromatic heterocycles. The lowest BCUT2D eigenvalue weighted by Gasteiger charge is -2.34. The second kappa shape index (κ2) is 10.6. The van der Waals surface area contributed by atoms with Crippen molar-refractivity contribution in [3.63, 3.8) is 0 Å². The molecule has 0 radical (unpaired) electrons. The first kappa shape index (κ1) is 26.4. The summed E-state index contributed by atoms with van der Waals surface area (Å²) in [5, 5.41) is 3.07. The Kier molecular flexibility index (Phi) is 8.25. The van der Waals surface area contributed by atoms with Crippen LogP contribution < -0.4 is 5.32 Å². The summed E-state index contributed by atoms with van der Waals surface area (Å²) in [6.07, 6.45) is 4.68. The summed E-state index contributed by atoms with van der Waals surface area (Å²) in [7, 11) is -3.82. The van der Waals surface area contributed by atoms with E-state index in [0.717, 1.165) is 59.9 Å². The van der Waals surface area contributed by atoms with Gasteiger partial charge in [-0.05, 0) is 94.7 Å². The number of amides is 1. The van der Waals surface area contributed by atoms with Gasteiger partial charge in [-0.1, -0.05) is 49.1 Å². The van der Waals surface area contributed by atoms with Crippen LogP contribution in [0.2, 0.25) is 0 Å². The standard InChI is InChI=1S/C28H40N2O3S/c1-18-13-22(5)28(23(6)14-18)34(32,33)30(25-11-9-8-10-12-25)17-27(31)29-24(7)26-16-20(3)19(2)15-21(26)4/h13-16,24-25H,8-12,17H2,1-7H3,(H,29,31)/t24-/m1/s1. The summed E-state index contributed by atoms with van der Waals surface area (Å²) in [5.74, 6) is -0.262. The van der Waals surface area contributed by atoms with Crippen molar-refractivity contribution in [2.75, 3.05) is 6.54 Å². The Morgan fingerprint density at radius 2 is 1.44 bits per heavy atom. The molecular weight excluding hydrogens is 444 g/mol. The highest BCUT2D eigenvalue weighted by Gasteiger charge is 2.36. The van der Waals surface area contributed by atoms with E-state index in [4.69, 9.17) is 0 Å². The number of aryl methyl sites for hydroxylation is 6. The number of benzene rings is 2. The Hall–Kier alpha value is -2.18. The van der Waals surface area contributed by atoms with Gasteiger partial charge >= 0.3 is 0 Å². The minimum atomic E-state index is -3.82. The first-order valence-electron chi connectivity index (χ1n) is 12.4. The fourth-order valence-corrected chi connectivity index (χ4v) is 7.48. The van der Waals surface area contributed by atoms with Gasteiger partial charge in [-0.2, -0.15) is 4.31 Å². The van der Waals surface area contributed by atoms with Gasteiger partial charge in [0.15, 0.2) is 0 Å². The number of nitrogens with one attached hydrogen (secondary N) is 1. The van der Waals surface area contributed by atoms with Crippen LogP contribution in [0.4, 0.5) is 0 Å². The summed E-state index contributed by atoms with van der Waals surface area (Å²) in [6.45, 7) is 13.7. The molecule has 1 aliphatic rings. The highest BCUT2D eigenvalue weighted by Crippen LogP contribution is 2.31. The molecule has 0 bridgehead atoms. The van der Waals surface area contributed by atoms with E-state index in [1.807, 2.05) is 46.8 Å². The summed E-state index contributed by atoms with van der Waals surface area (Å²) in [5.41, 5.74) is 7.09. The number of rotatable bonds is 7. The maximum absolute atomic E-state index is 14.0. The predicted molar refractivity (Wildman–Crippen MR) is 139 cm³/mol. The zero-order valence-corrected chi connectivity index (χ0v) is 22.6. The van der Waals surface area contributed by atoms with E-state index >= 15 is 0 Å². The third-order valence-corrected chi connectivity index (χ3v) is 9.38. The first-order chi connectivity index (χ1) is 15.9. The van der Waals surface area contributed by atoms with Gasteiger partial charge in [0.25, 0.3) is 0 Å². The second-order valence-electron chi connectivity index (χ2n) is 10.2. The van der Waals surface area contributed by atoms with Crippen molar-refractivity contribution in [2.45, 2.75) is 97.5 Å². The van der Waals surface area contributed by atoms with Crippen LogP contribution in [0, 0.1) is 41.5 Å². The van der Waals surface area contributed by atoms with E-state index in [1.54, 1.807) is 0 Å². The lowest BCUT2D eigenvalue weighted by Crippen LogP contribution is -2.47. The van der Waals surface area contributed by atoms with Gasteiger partial charge in [-0.25, -0.2) is 8.42 Å². The van der Waals surface area contributed by atoms with Crippen molar-refractivity contribution in [3.8, 4) is 0 Å². The molecule has 186 valence electrons. The Bertz CT molecular complexity index is 1140. The Morgan fingerprint density at radius 1 is 0.882 bits per heavy atom. The molecule has 0 spiro atoms.